The summed E-state index contributed by atoms with van der Waals surface area (Å²) in [6, 6.07) is 13.0. The summed E-state index contributed by atoms with van der Waals surface area (Å²) in [6.07, 6.45) is 1.08. The van der Waals surface area contributed by atoms with Crippen molar-refractivity contribution >= 4 is 59.9 Å². The number of nitrogens with zero attached hydrogens (tertiary/aromatic N) is 3. The first kappa shape index (κ1) is 19.9. The van der Waals surface area contributed by atoms with Crippen LogP contribution in [0.4, 0.5) is 10.8 Å². The second-order valence-corrected chi connectivity index (χ2v) is 10.1. The number of anilines is 2. The van der Waals surface area contributed by atoms with Crippen molar-refractivity contribution in [2.75, 3.05) is 42.1 Å². The highest BCUT2D eigenvalue weighted by Gasteiger charge is 2.23. The third-order valence-corrected chi connectivity index (χ3v) is 6.51. The zero-order valence-corrected chi connectivity index (χ0v) is 18.0. The van der Waals surface area contributed by atoms with E-state index in [2.05, 4.69) is 14.6 Å². The summed E-state index contributed by atoms with van der Waals surface area (Å²) in [5.74, 6) is -0.0383. The molecule has 1 saturated heterocycles. The van der Waals surface area contributed by atoms with Crippen LogP contribution in [0.1, 0.15) is 10.4 Å². The van der Waals surface area contributed by atoms with E-state index in [9.17, 15) is 13.2 Å². The number of carbonyl (C=O) groups excluding carboxylic acids is 1. The van der Waals surface area contributed by atoms with Crippen molar-refractivity contribution in [1.29, 1.82) is 0 Å². The highest BCUT2D eigenvalue weighted by atomic mass is 35.5. The lowest BCUT2D eigenvalue weighted by Gasteiger charge is -2.36. The second-order valence-electron chi connectivity index (χ2n) is 6.83. The molecule has 0 saturated carbocycles. The molecule has 0 radical (unpaired) electrons. The van der Waals surface area contributed by atoms with Gasteiger partial charge in [0.15, 0.2) is 5.13 Å². The van der Waals surface area contributed by atoms with E-state index in [-0.39, 0.29) is 5.91 Å². The largest absolute Gasteiger partial charge is 0.368 e. The molecule has 1 aliphatic rings. The maximum atomic E-state index is 12.9. The summed E-state index contributed by atoms with van der Waals surface area (Å²) >= 11 is 7.28. The molecule has 0 atom stereocenters. The van der Waals surface area contributed by atoms with Crippen LogP contribution in [-0.4, -0.2) is 56.6 Å². The first-order chi connectivity index (χ1) is 13.8. The van der Waals surface area contributed by atoms with E-state index in [0.717, 1.165) is 29.7 Å². The number of nitrogens with one attached hydrogen (secondary N) is 1. The average Bonchev–Trinajstić information content (AvgIpc) is 3.07. The summed E-state index contributed by atoms with van der Waals surface area (Å²) in [6.45, 7) is 2.70. The highest BCUT2D eigenvalue weighted by molar-refractivity contribution is 7.92. The lowest BCUT2D eigenvalue weighted by atomic mass is 10.1. The number of aromatic nitrogens is 1. The summed E-state index contributed by atoms with van der Waals surface area (Å²) in [4.78, 5) is 21.2. The fourth-order valence-electron chi connectivity index (χ4n) is 3.28. The van der Waals surface area contributed by atoms with E-state index < -0.39 is 10.0 Å². The number of hydrogen-bond donors (Lipinski definition) is 1. The number of piperazine rings is 1. The molecule has 0 unspecified atom stereocenters. The maximum absolute atomic E-state index is 12.9. The van der Waals surface area contributed by atoms with Crippen molar-refractivity contribution < 1.29 is 13.2 Å². The van der Waals surface area contributed by atoms with E-state index in [1.807, 2.05) is 29.2 Å². The number of hydrogen-bond acceptors (Lipinski definition) is 6. The molecule has 10 heteroatoms. The molecule has 1 aliphatic heterocycles. The molecular weight excluding hydrogens is 432 g/mol. The Balaban J connectivity index is 1.46. The number of rotatable bonds is 4. The predicted octanol–water partition coefficient (Wildman–Crippen LogP) is 3.28. The van der Waals surface area contributed by atoms with Crippen molar-refractivity contribution in [1.82, 2.24) is 9.88 Å². The van der Waals surface area contributed by atoms with Gasteiger partial charge in [-0.25, -0.2) is 13.4 Å². The van der Waals surface area contributed by atoms with Crippen LogP contribution in [0.15, 0.2) is 42.5 Å². The molecule has 2 aromatic carbocycles. The molecule has 0 bridgehead atoms. The number of sulfonamides is 1. The Kier molecular flexibility index (Phi) is 5.37. The van der Waals surface area contributed by atoms with Crippen LogP contribution in [0.3, 0.4) is 0 Å². The number of carbonyl (C=O) groups is 1. The molecule has 0 aliphatic carbocycles. The normalized spacial score (nSPS) is 15.0. The van der Waals surface area contributed by atoms with Gasteiger partial charge >= 0.3 is 0 Å². The fourth-order valence-corrected chi connectivity index (χ4v) is 5.21. The fraction of sp³-hybridized carbons (Fsp3) is 0.263. The highest BCUT2D eigenvalue weighted by Crippen LogP contribution is 2.28. The molecule has 1 amide bonds. The molecule has 4 rings (SSSR count). The van der Waals surface area contributed by atoms with Crippen molar-refractivity contribution in [3.63, 3.8) is 0 Å². The third-order valence-electron chi connectivity index (χ3n) is 4.65. The Morgan fingerprint density at radius 3 is 2.59 bits per heavy atom. The predicted molar refractivity (Wildman–Crippen MR) is 118 cm³/mol. The van der Waals surface area contributed by atoms with Gasteiger partial charge in [0.1, 0.15) is 0 Å². The van der Waals surface area contributed by atoms with Gasteiger partial charge in [0.25, 0.3) is 5.91 Å². The van der Waals surface area contributed by atoms with Gasteiger partial charge in [-0.15, -0.1) is 0 Å². The van der Waals surface area contributed by atoms with Crippen LogP contribution in [-0.2, 0) is 10.0 Å². The smallest absolute Gasteiger partial charge is 0.254 e. The van der Waals surface area contributed by atoms with Crippen molar-refractivity contribution in [2.24, 2.45) is 0 Å². The molecule has 1 aromatic heterocycles. The monoisotopic (exact) mass is 450 g/mol. The molecule has 3 aromatic rings. The SMILES string of the molecule is CS(=O)(=O)Nc1nc2ccc(C(=O)N3CCN(c4cccc(Cl)c4)CC3)cc2s1. The Hall–Kier alpha value is -2.36. The second kappa shape index (κ2) is 7.81. The topological polar surface area (TPSA) is 82.6 Å². The van der Waals surface area contributed by atoms with Crippen molar-refractivity contribution in [3.8, 4) is 0 Å². The summed E-state index contributed by atoms with van der Waals surface area (Å²) in [7, 11) is -3.39. The number of halogens is 1. The van der Waals surface area contributed by atoms with Gasteiger partial charge in [0.05, 0.1) is 16.5 Å². The third kappa shape index (κ3) is 4.63. The molecule has 7 nitrogen and oxygen atoms in total. The van der Waals surface area contributed by atoms with Crippen LogP contribution in [0.5, 0.6) is 0 Å². The van der Waals surface area contributed by atoms with E-state index >= 15 is 0 Å². The van der Waals surface area contributed by atoms with Crippen molar-refractivity contribution in [2.45, 2.75) is 0 Å². The minimum Gasteiger partial charge on any atom is -0.368 e. The van der Waals surface area contributed by atoms with Crippen LogP contribution in [0.2, 0.25) is 5.02 Å². The number of fused-ring (bicyclic) bond motifs is 1. The summed E-state index contributed by atoms with van der Waals surface area (Å²) in [5.41, 5.74) is 2.29. The van der Waals surface area contributed by atoms with Gasteiger partial charge in [-0.05, 0) is 36.4 Å². The van der Waals surface area contributed by atoms with E-state index in [1.54, 1.807) is 18.2 Å². The quantitative estimate of drug-likeness (QED) is 0.659. The van der Waals surface area contributed by atoms with Crippen LogP contribution in [0, 0.1) is 0 Å². The molecule has 2 heterocycles. The number of thiazole rings is 1. The molecule has 1 fully saturated rings. The average molecular weight is 451 g/mol. The first-order valence-electron chi connectivity index (χ1n) is 8.97. The molecular formula is C19H19ClN4O3S2. The minimum absolute atomic E-state index is 0.0383. The van der Waals surface area contributed by atoms with Crippen LogP contribution >= 0.6 is 22.9 Å². The summed E-state index contributed by atoms with van der Waals surface area (Å²) < 4.78 is 25.9. The van der Waals surface area contributed by atoms with Gasteiger partial charge < -0.3 is 9.80 Å². The van der Waals surface area contributed by atoms with Gasteiger partial charge in [-0.1, -0.05) is 29.0 Å². The minimum atomic E-state index is -3.39. The van der Waals surface area contributed by atoms with Gasteiger partial charge in [0.2, 0.25) is 10.0 Å². The standard InChI is InChI=1S/C19H19ClN4O3S2/c1-29(26,27)22-19-21-16-6-5-13(11-17(16)28-19)18(25)24-9-7-23(8-10-24)15-4-2-3-14(20)12-15/h2-6,11-12H,7-10H2,1H3,(H,21,22). The lowest BCUT2D eigenvalue weighted by molar-refractivity contribution is 0.0747. The van der Waals surface area contributed by atoms with E-state index in [0.29, 0.717) is 34.3 Å². The first-order valence-corrected chi connectivity index (χ1v) is 12.1. The Morgan fingerprint density at radius 2 is 1.90 bits per heavy atom. The number of benzene rings is 2. The van der Waals surface area contributed by atoms with Gasteiger partial charge in [-0.2, -0.15) is 0 Å². The molecule has 29 heavy (non-hydrogen) atoms. The van der Waals surface area contributed by atoms with Crippen LogP contribution in [0.25, 0.3) is 10.2 Å². The van der Waals surface area contributed by atoms with Gasteiger partial charge in [0, 0.05) is 42.5 Å². The lowest BCUT2D eigenvalue weighted by Crippen LogP contribution is -2.48. The summed E-state index contributed by atoms with van der Waals surface area (Å²) in [5, 5.41) is 0.992. The molecule has 0 spiro atoms. The Bertz CT molecular complexity index is 1170. The van der Waals surface area contributed by atoms with E-state index in [1.165, 1.54) is 11.3 Å². The zero-order valence-electron chi connectivity index (χ0n) is 15.6. The Labute approximate surface area is 178 Å². The molecule has 152 valence electrons. The number of amides is 1. The van der Waals surface area contributed by atoms with Crippen molar-refractivity contribution in [3.05, 3.63) is 53.1 Å². The zero-order chi connectivity index (χ0) is 20.6. The maximum Gasteiger partial charge on any atom is 0.254 e. The van der Waals surface area contributed by atoms with Gasteiger partial charge in [-0.3, -0.25) is 9.52 Å². The Morgan fingerprint density at radius 1 is 1.14 bits per heavy atom. The molecule has 1 N–H and O–H groups in total. The van der Waals surface area contributed by atoms with Crippen LogP contribution < -0.4 is 9.62 Å². The van der Waals surface area contributed by atoms with E-state index in [4.69, 9.17) is 11.6 Å².